The second-order valence-corrected chi connectivity index (χ2v) is 5.85. The zero-order valence-corrected chi connectivity index (χ0v) is 13.5. The Balaban J connectivity index is 1.91. The van der Waals surface area contributed by atoms with Gasteiger partial charge in [0.25, 0.3) is 0 Å². The summed E-state index contributed by atoms with van der Waals surface area (Å²) in [6.45, 7) is 5.04. The fourth-order valence-electron chi connectivity index (χ4n) is 2.30. The van der Waals surface area contributed by atoms with Gasteiger partial charge in [0, 0.05) is 34.9 Å². The third kappa shape index (κ3) is 3.75. The molecular formula is C15H19Cl2N3. The van der Waals surface area contributed by atoms with Gasteiger partial charge in [-0.2, -0.15) is 5.10 Å². The van der Waals surface area contributed by atoms with Crippen molar-refractivity contribution in [3.8, 4) is 0 Å². The summed E-state index contributed by atoms with van der Waals surface area (Å²) in [6.07, 6.45) is 2.93. The lowest BCUT2D eigenvalue weighted by Crippen LogP contribution is -2.21. The van der Waals surface area contributed by atoms with E-state index in [0.29, 0.717) is 5.02 Å². The molecule has 1 atom stereocenters. The minimum atomic E-state index is 0.273. The summed E-state index contributed by atoms with van der Waals surface area (Å²) < 4.78 is 1.85. The van der Waals surface area contributed by atoms with Crippen LogP contribution in [0.1, 0.15) is 29.8 Å². The van der Waals surface area contributed by atoms with Gasteiger partial charge in [0.05, 0.1) is 5.69 Å². The average molecular weight is 312 g/mol. The molecule has 1 N–H and O–H groups in total. The Labute approximate surface area is 129 Å². The van der Waals surface area contributed by atoms with E-state index in [-0.39, 0.29) is 6.04 Å². The predicted molar refractivity (Wildman–Crippen MR) is 84.5 cm³/mol. The van der Waals surface area contributed by atoms with Crippen LogP contribution in [0.4, 0.5) is 0 Å². The monoisotopic (exact) mass is 311 g/mol. The van der Waals surface area contributed by atoms with Gasteiger partial charge < -0.3 is 5.32 Å². The van der Waals surface area contributed by atoms with Gasteiger partial charge in [0.15, 0.2) is 0 Å². The summed E-state index contributed by atoms with van der Waals surface area (Å²) in [7, 11) is 1.94. The molecule has 0 aliphatic carbocycles. The van der Waals surface area contributed by atoms with Crippen LogP contribution in [0.5, 0.6) is 0 Å². The van der Waals surface area contributed by atoms with E-state index in [0.717, 1.165) is 29.2 Å². The number of halogens is 2. The molecule has 0 fully saturated rings. The van der Waals surface area contributed by atoms with Crippen molar-refractivity contribution in [3.05, 3.63) is 51.3 Å². The van der Waals surface area contributed by atoms with Gasteiger partial charge in [-0.25, -0.2) is 0 Å². The summed E-state index contributed by atoms with van der Waals surface area (Å²) in [6, 6.07) is 5.91. The van der Waals surface area contributed by atoms with Crippen LogP contribution in [0.3, 0.4) is 0 Å². The predicted octanol–water partition coefficient (Wildman–Crippen LogP) is 3.93. The number of hydrogen-bond acceptors (Lipinski definition) is 2. The first-order valence-electron chi connectivity index (χ1n) is 6.65. The molecule has 1 unspecified atom stereocenters. The standard InChI is InChI=1S/C15H19Cl2N3/c1-10(14-9-20(3)19-11(14)2)18-7-6-12-4-5-13(16)8-15(12)17/h4-5,8-10,18H,6-7H2,1-3H3. The van der Waals surface area contributed by atoms with Crippen molar-refractivity contribution in [2.45, 2.75) is 26.3 Å². The number of hydrogen-bond donors (Lipinski definition) is 1. The van der Waals surface area contributed by atoms with Gasteiger partial charge in [-0.1, -0.05) is 29.3 Å². The molecule has 0 saturated heterocycles. The Hall–Kier alpha value is -1.03. The van der Waals surface area contributed by atoms with E-state index in [2.05, 4.69) is 23.5 Å². The first kappa shape index (κ1) is 15.4. The van der Waals surface area contributed by atoms with Crippen LogP contribution >= 0.6 is 23.2 Å². The average Bonchev–Trinajstić information content (AvgIpc) is 2.71. The third-order valence-electron chi connectivity index (χ3n) is 3.38. The molecule has 20 heavy (non-hydrogen) atoms. The second kappa shape index (κ2) is 6.61. The highest BCUT2D eigenvalue weighted by atomic mass is 35.5. The highest BCUT2D eigenvalue weighted by Crippen LogP contribution is 2.21. The normalized spacial score (nSPS) is 12.7. The van der Waals surface area contributed by atoms with Gasteiger partial charge in [0.1, 0.15) is 0 Å². The second-order valence-electron chi connectivity index (χ2n) is 5.01. The molecule has 0 radical (unpaired) electrons. The minimum absolute atomic E-state index is 0.273. The van der Waals surface area contributed by atoms with E-state index in [1.54, 1.807) is 6.07 Å². The Kier molecular flexibility index (Phi) is 5.08. The molecule has 3 nitrogen and oxygen atoms in total. The molecule has 2 aromatic rings. The van der Waals surface area contributed by atoms with Crippen molar-refractivity contribution in [3.63, 3.8) is 0 Å². The maximum Gasteiger partial charge on any atom is 0.0641 e. The zero-order chi connectivity index (χ0) is 14.7. The highest BCUT2D eigenvalue weighted by Gasteiger charge is 2.11. The molecule has 0 bridgehead atoms. The number of benzene rings is 1. The fourth-order valence-corrected chi connectivity index (χ4v) is 2.80. The highest BCUT2D eigenvalue weighted by molar-refractivity contribution is 6.35. The largest absolute Gasteiger partial charge is 0.310 e. The molecule has 108 valence electrons. The van der Waals surface area contributed by atoms with Gasteiger partial charge >= 0.3 is 0 Å². The van der Waals surface area contributed by atoms with E-state index < -0.39 is 0 Å². The summed E-state index contributed by atoms with van der Waals surface area (Å²) >= 11 is 12.1. The van der Waals surface area contributed by atoms with Crippen LogP contribution in [-0.4, -0.2) is 16.3 Å². The van der Waals surface area contributed by atoms with Gasteiger partial charge in [0.2, 0.25) is 0 Å². The van der Waals surface area contributed by atoms with Crippen LogP contribution in [0.15, 0.2) is 24.4 Å². The SMILES string of the molecule is Cc1nn(C)cc1C(C)NCCc1ccc(Cl)cc1Cl. The zero-order valence-electron chi connectivity index (χ0n) is 12.0. The summed E-state index contributed by atoms with van der Waals surface area (Å²) in [4.78, 5) is 0. The van der Waals surface area contributed by atoms with Crippen LogP contribution < -0.4 is 5.32 Å². The molecule has 0 amide bonds. The molecule has 1 aromatic heterocycles. The van der Waals surface area contributed by atoms with Crippen molar-refractivity contribution in [2.24, 2.45) is 7.05 Å². The Morgan fingerprint density at radius 3 is 2.70 bits per heavy atom. The molecule has 0 saturated carbocycles. The van der Waals surface area contributed by atoms with Crippen LogP contribution in [-0.2, 0) is 13.5 Å². The summed E-state index contributed by atoms with van der Waals surface area (Å²) in [5.74, 6) is 0. The number of aromatic nitrogens is 2. The first-order chi connectivity index (χ1) is 9.47. The van der Waals surface area contributed by atoms with E-state index in [9.17, 15) is 0 Å². The van der Waals surface area contributed by atoms with E-state index >= 15 is 0 Å². The lowest BCUT2D eigenvalue weighted by atomic mass is 10.1. The first-order valence-corrected chi connectivity index (χ1v) is 7.40. The molecule has 0 aliphatic heterocycles. The number of nitrogens with zero attached hydrogens (tertiary/aromatic N) is 2. The molecule has 0 aliphatic rings. The van der Waals surface area contributed by atoms with Crippen molar-refractivity contribution in [1.82, 2.24) is 15.1 Å². The topological polar surface area (TPSA) is 29.9 Å². The Morgan fingerprint density at radius 1 is 1.35 bits per heavy atom. The van der Waals surface area contributed by atoms with E-state index in [4.69, 9.17) is 23.2 Å². The third-order valence-corrected chi connectivity index (χ3v) is 3.96. The van der Waals surface area contributed by atoms with E-state index in [1.165, 1.54) is 5.56 Å². The number of rotatable bonds is 5. The smallest absolute Gasteiger partial charge is 0.0641 e. The number of nitrogens with one attached hydrogen (secondary N) is 1. The quantitative estimate of drug-likeness (QED) is 0.906. The molecule has 0 spiro atoms. The van der Waals surface area contributed by atoms with Crippen LogP contribution in [0.2, 0.25) is 10.0 Å². The molecular weight excluding hydrogens is 293 g/mol. The maximum absolute atomic E-state index is 6.16. The summed E-state index contributed by atoms with van der Waals surface area (Å²) in [5, 5.41) is 9.26. The van der Waals surface area contributed by atoms with Crippen LogP contribution in [0.25, 0.3) is 0 Å². The van der Waals surface area contributed by atoms with Crippen molar-refractivity contribution >= 4 is 23.2 Å². The Morgan fingerprint density at radius 2 is 2.10 bits per heavy atom. The maximum atomic E-state index is 6.16. The van der Waals surface area contributed by atoms with Crippen molar-refractivity contribution in [2.75, 3.05) is 6.54 Å². The lowest BCUT2D eigenvalue weighted by molar-refractivity contribution is 0.574. The van der Waals surface area contributed by atoms with Gasteiger partial charge in [-0.05, 0) is 44.5 Å². The Bertz CT molecular complexity index is 593. The summed E-state index contributed by atoms with van der Waals surface area (Å²) in [5.41, 5.74) is 3.41. The van der Waals surface area contributed by atoms with Gasteiger partial charge in [-0.15, -0.1) is 0 Å². The molecule has 1 aromatic carbocycles. The fraction of sp³-hybridized carbons (Fsp3) is 0.400. The molecule has 2 rings (SSSR count). The van der Waals surface area contributed by atoms with Gasteiger partial charge in [-0.3, -0.25) is 4.68 Å². The number of aryl methyl sites for hydroxylation is 2. The molecule has 1 heterocycles. The minimum Gasteiger partial charge on any atom is -0.310 e. The van der Waals surface area contributed by atoms with E-state index in [1.807, 2.05) is 30.8 Å². The van der Waals surface area contributed by atoms with Crippen LogP contribution in [0, 0.1) is 6.92 Å². The van der Waals surface area contributed by atoms with Crippen molar-refractivity contribution < 1.29 is 0 Å². The van der Waals surface area contributed by atoms with Crippen molar-refractivity contribution in [1.29, 1.82) is 0 Å². The lowest BCUT2D eigenvalue weighted by Gasteiger charge is -2.13. The molecule has 5 heteroatoms.